The van der Waals surface area contributed by atoms with Crippen molar-refractivity contribution < 1.29 is 9.18 Å². The Hall–Kier alpha value is -2.37. The molecule has 0 bridgehead atoms. The Morgan fingerprint density at radius 2 is 2.25 bits per heavy atom. The number of nitrogens with zero attached hydrogens (tertiary/aromatic N) is 3. The summed E-state index contributed by atoms with van der Waals surface area (Å²) in [6.45, 7) is 2.25. The minimum atomic E-state index is -0.446. The van der Waals surface area contributed by atoms with Gasteiger partial charge < -0.3 is 10.2 Å². The molecule has 0 saturated carbocycles. The van der Waals surface area contributed by atoms with Gasteiger partial charge in [0.15, 0.2) is 0 Å². The minimum absolute atomic E-state index is 0.188. The zero-order valence-electron chi connectivity index (χ0n) is 11.7. The van der Waals surface area contributed by atoms with Crippen molar-refractivity contribution in [1.29, 1.82) is 0 Å². The molecule has 0 fully saturated rings. The number of anilines is 1. The van der Waals surface area contributed by atoms with Crippen LogP contribution in [-0.4, -0.2) is 27.8 Å². The molecule has 0 saturated heterocycles. The van der Waals surface area contributed by atoms with Crippen LogP contribution in [0.2, 0.25) is 0 Å². The number of aryl methyl sites for hydroxylation is 2. The number of hydrogen-bond donors (Lipinski definition) is 1. The second-order valence-electron chi connectivity index (χ2n) is 4.79. The van der Waals surface area contributed by atoms with E-state index in [1.807, 2.05) is 20.2 Å². The van der Waals surface area contributed by atoms with E-state index in [9.17, 15) is 9.18 Å². The second-order valence-corrected chi connectivity index (χ2v) is 4.79. The first-order chi connectivity index (χ1) is 9.45. The molecule has 2 amide bonds. The number of carbonyl (C=O) groups is 1. The van der Waals surface area contributed by atoms with Gasteiger partial charge in [-0.15, -0.1) is 0 Å². The number of hydrogen-bond acceptors (Lipinski definition) is 2. The molecular weight excluding hydrogens is 259 g/mol. The summed E-state index contributed by atoms with van der Waals surface area (Å²) >= 11 is 0. The van der Waals surface area contributed by atoms with Crippen LogP contribution < -0.4 is 5.32 Å². The van der Waals surface area contributed by atoms with Gasteiger partial charge in [0.2, 0.25) is 0 Å². The highest BCUT2D eigenvalue weighted by atomic mass is 19.1. The lowest BCUT2D eigenvalue weighted by atomic mass is 10.2. The number of nitrogens with one attached hydrogen (secondary N) is 1. The summed E-state index contributed by atoms with van der Waals surface area (Å²) in [6, 6.07) is 4.24. The fourth-order valence-electron chi connectivity index (χ4n) is 1.84. The molecule has 0 radical (unpaired) electrons. The molecule has 0 atom stereocenters. The first kappa shape index (κ1) is 14.0. The van der Waals surface area contributed by atoms with Crippen LogP contribution >= 0.6 is 0 Å². The van der Waals surface area contributed by atoms with E-state index in [2.05, 4.69) is 10.4 Å². The first-order valence-corrected chi connectivity index (χ1v) is 6.21. The van der Waals surface area contributed by atoms with Gasteiger partial charge in [-0.1, -0.05) is 6.07 Å². The summed E-state index contributed by atoms with van der Waals surface area (Å²) in [5, 5.41) is 6.60. The number of halogens is 1. The van der Waals surface area contributed by atoms with Gasteiger partial charge in [-0.05, 0) is 24.6 Å². The quantitative estimate of drug-likeness (QED) is 0.936. The highest BCUT2D eigenvalue weighted by Crippen LogP contribution is 2.16. The summed E-state index contributed by atoms with van der Waals surface area (Å²) in [5.74, 6) is -0.446. The SMILES string of the molecule is Cc1ccc(F)c(NC(=O)N(C)Cc2cnn(C)c2)c1. The molecule has 0 spiro atoms. The Morgan fingerprint density at radius 1 is 1.50 bits per heavy atom. The van der Waals surface area contributed by atoms with Crippen LogP contribution in [-0.2, 0) is 13.6 Å². The van der Waals surface area contributed by atoms with Crippen molar-refractivity contribution >= 4 is 11.7 Å². The number of urea groups is 1. The van der Waals surface area contributed by atoms with E-state index in [1.165, 1.54) is 11.0 Å². The molecular formula is C14H17FN4O. The lowest BCUT2D eigenvalue weighted by Gasteiger charge is -2.17. The van der Waals surface area contributed by atoms with Crippen molar-refractivity contribution in [1.82, 2.24) is 14.7 Å². The third kappa shape index (κ3) is 3.34. The Kier molecular flexibility index (Phi) is 4.02. The van der Waals surface area contributed by atoms with E-state index in [4.69, 9.17) is 0 Å². The monoisotopic (exact) mass is 276 g/mol. The van der Waals surface area contributed by atoms with Crippen molar-refractivity contribution in [3.63, 3.8) is 0 Å². The molecule has 1 N–H and O–H groups in total. The topological polar surface area (TPSA) is 50.2 Å². The third-order valence-electron chi connectivity index (χ3n) is 2.89. The number of amides is 2. The molecule has 0 aliphatic heterocycles. The average molecular weight is 276 g/mol. The van der Waals surface area contributed by atoms with Gasteiger partial charge in [-0.25, -0.2) is 9.18 Å². The van der Waals surface area contributed by atoms with Crippen LogP contribution in [0, 0.1) is 12.7 Å². The number of carbonyl (C=O) groups excluding carboxylic acids is 1. The molecule has 106 valence electrons. The van der Waals surface area contributed by atoms with Crippen molar-refractivity contribution in [3.05, 3.63) is 47.5 Å². The summed E-state index contributed by atoms with van der Waals surface area (Å²) in [6.07, 6.45) is 3.52. The maximum atomic E-state index is 13.6. The van der Waals surface area contributed by atoms with Gasteiger partial charge in [0.05, 0.1) is 18.4 Å². The lowest BCUT2D eigenvalue weighted by Crippen LogP contribution is -2.31. The van der Waals surface area contributed by atoms with Crippen LogP contribution in [0.25, 0.3) is 0 Å². The van der Waals surface area contributed by atoms with Gasteiger partial charge in [0.1, 0.15) is 5.82 Å². The maximum Gasteiger partial charge on any atom is 0.321 e. The van der Waals surface area contributed by atoms with E-state index in [0.717, 1.165) is 11.1 Å². The average Bonchev–Trinajstić information content (AvgIpc) is 2.79. The van der Waals surface area contributed by atoms with Gasteiger partial charge in [-0.3, -0.25) is 4.68 Å². The summed E-state index contributed by atoms with van der Waals surface area (Å²) in [7, 11) is 3.46. The lowest BCUT2D eigenvalue weighted by molar-refractivity contribution is 0.220. The number of rotatable bonds is 3. The predicted octanol–water partition coefficient (Wildman–Crippen LogP) is 2.53. The molecule has 2 aromatic rings. The fraction of sp³-hybridized carbons (Fsp3) is 0.286. The van der Waals surface area contributed by atoms with Crippen LogP contribution in [0.3, 0.4) is 0 Å². The zero-order chi connectivity index (χ0) is 14.7. The molecule has 1 aromatic carbocycles. The van der Waals surface area contributed by atoms with Crippen LogP contribution in [0.15, 0.2) is 30.6 Å². The van der Waals surface area contributed by atoms with E-state index in [0.29, 0.717) is 6.54 Å². The molecule has 0 aliphatic carbocycles. The molecule has 1 aromatic heterocycles. The standard InChI is InChI=1S/C14H17FN4O/c1-10-4-5-12(15)13(6-10)17-14(20)18(2)8-11-7-16-19(3)9-11/h4-7,9H,8H2,1-3H3,(H,17,20). The maximum absolute atomic E-state index is 13.6. The molecule has 20 heavy (non-hydrogen) atoms. The highest BCUT2D eigenvalue weighted by Gasteiger charge is 2.12. The van der Waals surface area contributed by atoms with Gasteiger partial charge in [0.25, 0.3) is 0 Å². The van der Waals surface area contributed by atoms with Crippen molar-refractivity contribution in [2.75, 3.05) is 12.4 Å². The van der Waals surface area contributed by atoms with Crippen molar-refractivity contribution in [2.24, 2.45) is 7.05 Å². The molecule has 6 heteroatoms. The van der Waals surface area contributed by atoms with Crippen LogP contribution in [0.5, 0.6) is 0 Å². The normalized spacial score (nSPS) is 10.4. The summed E-state index contributed by atoms with van der Waals surface area (Å²) < 4.78 is 15.2. The van der Waals surface area contributed by atoms with E-state index in [-0.39, 0.29) is 11.7 Å². The molecule has 2 rings (SSSR count). The van der Waals surface area contributed by atoms with Crippen molar-refractivity contribution in [3.8, 4) is 0 Å². The Bertz CT molecular complexity index is 623. The zero-order valence-corrected chi connectivity index (χ0v) is 11.7. The number of aromatic nitrogens is 2. The smallest absolute Gasteiger partial charge is 0.321 e. The third-order valence-corrected chi connectivity index (χ3v) is 2.89. The van der Waals surface area contributed by atoms with E-state index < -0.39 is 5.82 Å². The molecule has 0 aliphatic rings. The molecule has 1 heterocycles. The van der Waals surface area contributed by atoms with Crippen LogP contribution in [0.1, 0.15) is 11.1 Å². The van der Waals surface area contributed by atoms with E-state index in [1.54, 1.807) is 30.1 Å². The largest absolute Gasteiger partial charge is 0.323 e. The fourth-order valence-corrected chi connectivity index (χ4v) is 1.84. The Balaban J connectivity index is 2.02. The van der Waals surface area contributed by atoms with Gasteiger partial charge in [-0.2, -0.15) is 5.10 Å². The minimum Gasteiger partial charge on any atom is -0.323 e. The van der Waals surface area contributed by atoms with E-state index >= 15 is 0 Å². The molecule has 0 unspecified atom stereocenters. The highest BCUT2D eigenvalue weighted by molar-refractivity contribution is 5.89. The number of benzene rings is 1. The van der Waals surface area contributed by atoms with Gasteiger partial charge >= 0.3 is 6.03 Å². The second kappa shape index (κ2) is 5.73. The first-order valence-electron chi connectivity index (χ1n) is 6.21. The van der Waals surface area contributed by atoms with Crippen molar-refractivity contribution in [2.45, 2.75) is 13.5 Å². The predicted molar refractivity (Wildman–Crippen MR) is 74.8 cm³/mol. The van der Waals surface area contributed by atoms with Gasteiger partial charge in [0, 0.05) is 25.9 Å². The molecule has 5 nitrogen and oxygen atoms in total. The Morgan fingerprint density at radius 3 is 2.90 bits per heavy atom. The summed E-state index contributed by atoms with van der Waals surface area (Å²) in [4.78, 5) is 13.5. The summed E-state index contributed by atoms with van der Waals surface area (Å²) in [5.41, 5.74) is 1.99. The van der Waals surface area contributed by atoms with Crippen LogP contribution in [0.4, 0.5) is 14.9 Å². The Labute approximate surface area is 117 Å².